The van der Waals surface area contributed by atoms with Crippen LogP contribution in [0, 0.1) is 5.92 Å². The number of hydrogen-bond acceptors (Lipinski definition) is 5. The van der Waals surface area contributed by atoms with E-state index in [1.165, 1.54) is 0 Å². The first-order valence-electron chi connectivity index (χ1n) is 7.07. The van der Waals surface area contributed by atoms with Crippen LogP contribution in [0.25, 0.3) is 0 Å². The molecule has 106 valence electrons. The topological polar surface area (TPSA) is 64.3 Å². The van der Waals surface area contributed by atoms with Gasteiger partial charge in [0.1, 0.15) is 11.6 Å². The third kappa shape index (κ3) is 3.64. The van der Waals surface area contributed by atoms with E-state index < -0.39 is 0 Å². The van der Waals surface area contributed by atoms with E-state index in [4.69, 9.17) is 10.5 Å². The zero-order valence-electron chi connectivity index (χ0n) is 11.9. The van der Waals surface area contributed by atoms with E-state index in [0.717, 1.165) is 56.2 Å². The molecule has 0 spiro atoms. The van der Waals surface area contributed by atoms with Crippen molar-refractivity contribution in [1.29, 1.82) is 0 Å². The van der Waals surface area contributed by atoms with E-state index in [1.807, 2.05) is 6.07 Å². The van der Waals surface area contributed by atoms with Gasteiger partial charge in [0.2, 0.25) is 0 Å². The molecule has 0 saturated carbocycles. The van der Waals surface area contributed by atoms with Crippen LogP contribution in [0.2, 0.25) is 0 Å². The van der Waals surface area contributed by atoms with Crippen molar-refractivity contribution < 1.29 is 4.74 Å². The molecule has 0 aliphatic carbocycles. The Hall–Kier alpha value is -1.20. The quantitative estimate of drug-likeness (QED) is 0.870. The minimum absolute atomic E-state index is 0.543. The molecule has 1 aliphatic rings. The molecule has 5 heteroatoms. The van der Waals surface area contributed by atoms with Crippen LogP contribution in [0.3, 0.4) is 0 Å². The van der Waals surface area contributed by atoms with E-state index in [-0.39, 0.29) is 0 Å². The van der Waals surface area contributed by atoms with Gasteiger partial charge in [-0.3, -0.25) is 0 Å². The molecule has 2 heterocycles. The number of hydrogen-bond donors (Lipinski definition) is 1. The van der Waals surface area contributed by atoms with Gasteiger partial charge in [0.15, 0.2) is 0 Å². The maximum absolute atomic E-state index is 5.74. The largest absolute Gasteiger partial charge is 0.378 e. The van der Waals surface area contributed by atoms with E-state index in [0.29, 0.717) is 12.5 Å². The summed E-state index contributed by atoms with van der Waals surface area (Å²) in [7, 11) is 1.69. The second-order valence-electron chi connectivity index (χ2n) is 5.09. The summed E-state index contributed by atoms with van der Waals surface area (Å²) in [5, 5.41) is 0. The number of methoxy groups -OCH3 is 1. The third-order valence-corrected chi connectivity index (χ3v) is 3.69. The summed E-state index contributed by atoms with van der Waals surface area (Å²) in [5.41, 5.74) is 6.70. The Bertz CT molecular complexity index is 402. The molecule has 19 heavy (non-hydrogen) atoms. The van der Waals surface area contributed by atoms with Crippen molar-refractivity contribution in [3.63, 3.8) is 0 Å². The van der Waals surface area contributed by atoms with Crippen molar-refractivity contribution in [2.45, 2.75) is 32.8 Å². The van der Waals surface area contributed by atoms with Gasteiger partial charge >= 0.3 is 0 Å². The molecule has 0 atom stereocenters. The second-order valence-corrected chi connectivity index (χ2v) is 5.09. The van der Waals surface area contributed by atoms with Crippen LogP contribution >= 0.6 is 0 Å². The summed E-state index contributed by atoms with van der Waals surface area (Å²) in [5.74, 6) is 2.60. The monoisotopic (exact) mass is 264 g/mol. The lowest BCUT2D eigenvalue weighted by molar-refractivity contribution is 0.181. The SMILES string of the molecule is CCc1nc(COC)cc(N2CCC(CN)CC2)n1. The van der Waals surface area contributed by atoms with Crippen molar-refractivity contribution in [2.75, 3.05) is 31.6 Å². The normalized spacial score (nSPS) is 16.9. The minimum Gasteiger partial charge on any atom is -0.378 e. The highest BCUT2D eigenvalue weighted by Crippen LogP contribution is 2.22. The highest BCUT2D eigenvalue weighted by Gasteiger charge is 2.19. The molecular formula is C14H24N4O. The average molecular weight is 264 g/mol. The smallest absolute Gasteiger partial charge is 0.132 e. The van der Waals surface area contributed by atoms with Gasteiger partial charge in [-0.1, -0.05) is 6.92 Å². The standard InChI is InChI=1S/C14H24N4O/c1-3-13-16-12(10-19-2)8-14(17-13)18-6-4-11(9-15)5-7-18/h8,11H,3-7,9-10,15H2,1-2H3. The van der Waals surface area contributed by atoms with E-state index >= 15 is 0 Å². The van der Waals surface area contributed by atoms with Crippen LogP contribution in [0.4, 0.5) is 5.82 Å². The first-order valence-corrected chi connectivity index (χ1v) is 7.07. The predicted molar refractivity (Wildman–Crippen MR) is 76.1 cm³/mol. The van der Waals surface area contributed by atoms with Crippen molar-refractivity contribution >= 4 is 5.82 Å². The van der Waals surface area contributed by atoms with Gasteiger partial charge in [0.25, 0.3) is 0 Å². The Labute approximate surface area is 115 Å². The van der Waals surface area contributed by atoms with Crippen LogP contribution in [0.1, 0.15) is 31.3 Å². The Morgan fingerprint density at radius 2 is 2.11 bits per heavy atom. The number of nitrogens with zero attached hydrogens (tertiary/aromatic N) is 3. The second kappa shape index (κ2) is 6.82. The average Bonchev–Trinajstić information content (AvgIpc) is 2.47. The van der Waals surface area contributed by atoms with Gasteiger partial charge in [-0.25, -0.2) is 9.97 Å². The molecular weight excluding hydrogens is 240 g/mol. The van der Waals surface area contributed by atoms with Gasteiger partial charge in [0, 0.05) is 32.7 Å². The molecule has 0 aromatic carbocycles. The van der Waals surface area contributed by atoms with Crippen LogP contribution in [-0.2, 0) is 17.8 Å². The summed E-state index contributed by atoms with van der Waals surface area (Å²) < 4.78 is 5.18. The molecule has 1 aliphatic heterocycles. The Morgan fingerprint density at radius 1 is 1.37 bits per heavy atom. The van der Waals surface area contributed by atoms with E-state index in [1.54, 1.807) is 7.11 Å². The summed E-state index contributed by atoms with van der Waals surface area (Å²) in [4.78, 5) is 11.5. The fraction of sp³-hybridized carbons (Fsp3) is 0.714. The molecule has 0 amide bonds. The van der Waals surface area contributed by atoms with Crippen molar-refractivity contribution in [3.05, 3.63) is 17.6 Å². The van der Waals surface area contributed by atoms with E-state index in [9.17, 15) is 0 Å². The fourth-order valence-electron chi connectivity index (χ4n) is 2.48. The van der Waals surface area contributed by atoms with Crippen molar-refractivity contribution in [2.24, 2.45) is 11.7 Å². The molecule has 0 unspecified atom stereocenters. The first kappa shape index (κ1) is 14.2. The number of aryl methyl sites for hydroxylation is 1. The van der Waals surface area contributed by atoms with Crippen LogP contribution in [0.5, 0.6) is 0 Å². The molecule has 1 fully saturated rings. The molecule has 5 nitrogen and oxygen atoms in total. The summed E-state index contributed by atoms with van der Waals surface area (Å²) in [6, 6.07) is 2.05. The number of nitrogens with two attached hydrogens (primary N) is 1. The molecule has 2 rings (SSSR count). The number of rotatable bonds is 5. The van der Waals surface area contributed by atoms with Gasteiger partial charge in [-0.05, 0) is 25.3 Å². The van der Waals surface area contributed by atoms with Gasteiger partial charge in [-0.2, -0.15) is 0 Å². The lowest BCUT2D eigenvalue weighted by atomic mass is 9.97. The molecule has 0 bridgehead atoms. The van der Waals surface area contributed by atoms with Gasteiger partial charge in [0.05, 0.1) is 12.3 Å². The fourth-order valence-corrected chi connectivity index (χ4v) is 2.48. The minimum atomic E-state index is 0.543. The third-order valence-electron chi connectivity index (χ3n) is 3.69. The van der Waals surface area contributed by atoms with Gasteiger partial charge < -0.3 is 15.4 Å². The lowest BCUT2D eigenvalue weighted by Gasteiger charge is -2.32. The van der Waals surface area contributed by atoms with Crippen LogP contribution < -0.4 is 10.6 Å². The Morgan fingerprint density at radius 3 is 2.68 bits per heavy atom. The van der Waals surface area contributed by atoms with Crippen molar-refractivity contribution in [1.82, 2.24) is 9.97 Å². The number of ether oxygens (including phenoxy) is 1. The van der Waals surface area contributed by atoms with E-state index in [2.05, 4.69) is 21.8 Å². The predicted octanol–water partition coefficient (Wildman–Crippen LogP) is 1.36. The summed E-state index contributed by atoms with van der Waals surface area (Å²) in [6.07, 6.45) is 3.16. The molecule has 2 N–H and O–H groups in total. The molecule has 1 aromatic heterocycles. The first-order chi connectivity index (χ1) is 9.26. The highest BCUT2D eigenvalue weighted by atomic mass is 16.5. The van der Waals surface area contributed by atoms with Gasteiger partial charge in [-0.15, -0.1) is 0 Å². The molecule has 1 aromatic rings. The van der Waals surface area contributed by atoms with Crippen molar-refractivity contribution in [3.8, 4) is 0 Å². The summed E-state index contributed by atoms with van der Waals surface area (Å²) >= 11 is 0. The Balaban J connectivity index is 2.12. The molecule has 1 saturated heterocycles. The number of anilines is 1. The van der Waals surface area contributed by atoms with Crippen LogP contribution in [0.15, 0.2) is 6.07 Å². The maximum Gasteiger partial charge on any atom is 0.132 e. The maximum atomic E-state index is 5.74. The number of aromatic nitrogens is 2. The number of piperidine rings is 1. The summed E-state index contributed by atoms with van der Waals surface area (Å²) in [6.45, 7) is 5.49. The zero-order chi connectivity index (χ0) is 13.7. The zero-order valence-corrected chi connectivity index (χ0v) is 11.9. The molecule has 0 radical (unpaired) electrons. The van der Waals surface area contributed by atoms with Crippen LogP contribution in [-0.4, -0.2) is 36.7 Å². The Kier molecular flexibility index (Phi) is 5.10. The lowest BCUT2D eigenvalue weighted by Crippen LogP contribution is -2.36. The highest BCUT2D eigenvalue weighted by molar-refractivity contribution is 5.40.